The van der Waals surface area contributed by atoms with Crippen LogP contribution in [0.5, 0.6) is 5.75 Å². The molecule has 0 bridgehead atoms. The van der Waals surface area contributed by atoms with Crippen molar-refractivity contribution in [2.45, 2.75) is 19.0 Å². The molecule has 0 saturated carbocycles. The van der Waals surface area contributed by atoms with Gasteiger partial charge in [0.25, 0.3) is 5.91 Å². The Morgan fingerprint density at radius 3 is 2.48 bits per heavy atom. The Morgan fingerprint density at radius 1 is 1.17 bits per heavy atom. The van der Waals surface area contributed by atoms with Crippen LogP contribution in [0.25, 0.3) is 10.8 Å². The predicted octanol–water partition coefficient (Wildman–Crippen LogP) is 3.96. The molecular weight excluding hydrogens is 307 g/mol. The van der Waals surface area contributed by atoms with Gasteiger partial charge >= 0.3 is 6.18 Å². The van der Waals surface area contributed by atoms with Gasteiger partial charge in [-0.25, -0.2) is 0 Å². The van der Waals surface area contributed by atoms with Crippen molar-refractivity contribution in [1.82, 2.24) is 4.90 Å². The summed E-state index contributed by atoms with van der Waals surface area (Å²) in [6, 6.07) is 10.2. The third kappa shape index (κ3) is 3.11. The van der Waals surface area contributed by atoms with Crippen molar-refractivity contribution < 1.29 is 23.1 Å². The number of benzene rings is 2. The van der Waals surface area contributed by atoms with Crippen LogP contribution in [0.3, 0.4) is 0 Å². The minimum Gasteiger partial charge on any atom is -0.507 e. The summed E-state index contributed by atoms with van der Waals surface area (Å²) in [4.78, 5) is 13.7. The van der Waals surface area contributed by atoms with Crippen molar-refractivity contribution in [3.8, 4) is 5.75 Å². The molecule has 2 aromatic carbocycles. The lowest BCUT2D eigenvalue weighted by Crippen LogP contribution is -2.44. The SMILES string of the molecule is O=C(c1cc2ccccc2cc1O)N1CCC[C@H](C(F)(F)F)C1. The molecule has 1 N–H and O–H groups in total. The lowest BCUT2D eigenvalue weighted by atomic mass is 9.96. The second-order valence-electron chi connectivity index (χ2n) is 5.85. The van der Waals surface area contributed by atoms with Crippen molar-refractivity contribution in [1.29, 1.82) is 0 Å². The first-order valence-electron chi connectivity index (χ1n) is 7.44. The Bertz CT molecular complexity index is 742. The number of halogens is 3. The Labute approximate surface area is 131 Å². The molecule has 1 amide bonds. The highest BCUT2D eigenvalue weighted by Crippen LogP contribution is 2.34. The van der Waals surface area contributed by atoms with E-state index in [4.69, 9.17) is 0 Å². The van der Waals surface area contributed by atoms with E-state index in [2.05, 4.69) is 0 Å². The number of nitrogens with zero attached hydrogens (tertiary/aromatic N) is 1. The number of aromatic hydroxyl groups is 1. The number of rotatable bonds is 1. The zero-order valence-corrected chi connectivity index (χ0v) is 12.3. The largest absolute Gasteiger partial charge is 0.507 e. The summed E-state index contributed by atoms with van der Waals surface area (Å²) < 4.78 is 38.6. The summed E-state index contributed by atoms with van der Waals surface area (Å²) in [7, 11) is 0. The normalized spacial score (nSPS) is 19.1. The second kappa shape index (κ2) is 5.76. The average Bonchev–Trinajstić information content (AvgIpc) is 2.53. The molecule has 0 radical (unpaired) electrons. The van der Waals surface area contributed by atoms with Crippen LogP contribution in [0.15, 0.2) is 36.4 Å². The van der Waals surface area contributed by atoms with E-state index < -0.39 is 18.0 Å². The number of phenols is 1. The van der Waals surface area contributed by atoms with Gasteiger partial charge in [0.05, 0.1) is 11.5 Å². The van der Waals surface area contributed by atoms with Crippen LogP contribution >= 0.6 is 0 Å². The Balaban J connectivity index is 1.89. The lowest BCUT2D eigenvalue weighted by Gasteiger charge is -2.33. The Hall–Kier alpha value is -2.24. The van der Waals surface area contributed by atoms with Gasteiger partial charge in [-0.3, -0.25) is 4.79 Å². The first-order chi connectivity index (χ1) is 10.9. The average molecular weight is 323 g/mol. The molecular formula is C17H16F3NO2. The molecule has 23 heavy (non-hydrogen) atoms. The summed E-state index contributed by atoms with van der Waals surface area (Å²) >= 11 is 0. The van der Waals surface area contributed by atoms with E-state index in [0.717, 1.165) is 10.8 Å². The molecule has 1 saturated heterocycles. The van der Waals surface area contributed by atoms with Gasteiger partial charge in [-0.1, -0.05) is 24.3 Å². The molecule has 3 rings (SSSR count). The summed E-state index contributed by atoms with van der Waals surface area (Å²) in [5.41, 5.74) is 0.0477. The lowest BCUT2D eigenvalue weighted by molar-refractivity contribution is -0.184. The fraction of sp³-hybridized carbons (Fsp3) is 0.353. The maximum atomic E-state index is 12.9. The molecule has 122 valence electrons. The van der Waals surface area contributed by atoms with Crippen molar-refractivity contribution in [2.75, 3.05) is 13.1 Å². The van der Waals surface area contributed by atoms with Crippen LogP contribution in [0.4, 0.5) is 13.2 Å². The first-order valence-corrected chi connectivity index (χ1v) is 7.44. The van der Waals surface area contributed by atoms with Crippen LogP contribution in [0.2, 0.25) is 0 Å². The van der Waals surface area contributed by atoms with E-state index in [9.17, 15) is 23.1 Å². The van der Waals surface area contributed by atoms with E-state index in [-0.39, 0.29) is 30.8 Å². The number of piperidine rings is 1. The van der Waals surface area contributed by atoms with Gasteiger partial charge in [0.2, 0.25) is 0 Å². The molecule has 1 aliphatic heterocycles. The highest BCUT2D eigenvalue weighted by atomic mass is 19.4. The molecule has 1 heterocycles. The molecule has 0 aliphatic carbocycles. The summed E-state index contributed by atoms with van der Waals surface area (Å²) in [5.74, 6) is -2.26. The van der Waals surface area contributed by atoms with E-state index in [0.29, 0.717) is 6.42 Å². The number of phenolic OH excluding ortho intramolecular Hbond substituents is 1. The summed E-state index contributed by atoms with van der Waals surface area (Å²) in [5, 5.41) is 11.6. The Morgan fingerprint density at radius 2 is 1.83 bits per heavy atom. The van der Waals surface area contributed by atoms with E-state index in [1.165, 1.54) is 17.0 Å². The number of alkyl halides is 3. The van der Waals surface area contributed by atoms with E-state index >= 15 is 0 Å². The Kier molecular flexibility index (Phi) is 3.92. The van der Waals surface area contributed by atoms with E-state index in [1.807, 2.05) is 6.07 Å². The second-order valence-corrected chi connectivity index (χ2v) is 5.85. The fourth-order valence-corrected chi connectivity index (χ4v) is 3.00. The maximum absolute atomic E-state index is 12.9. The fourth-order valence-electron chi connectivity index (χ4n) is 3.00. The molecule has 1 aliphatic rings. The molecule has 2 aromatic rings. The molecule has 0 unspecified atom stereocenters. The van der Waals surface area contributed by atoms with Crippen molar-refractivity contribution in [2.24, 2.45) is 5.92 Å². The van der Waals surface area contributed by atoms with Crippen molar-refractivity contribution in [3.05, 3.63) is 42.0 Å². The van der Waals surface area contributed by atoms with Crippen LogP contribution in [-0.2, 0) is 0 Å². The minimum absolute atomic E-state index is 0.0387. The monoisotopic (exact) mass is 323 g/mol. The zero-order chi connectivity index (χ0) is 16.6. The third-order valence-electron chi connectivity index (χ3n) is 4.27. The molecule has 6 heteroatoms. The van der Waals surface area contributed by atoms with Gasteiger partial charge in [0.15, 0.2) is 0 Å². The van der Waals surface area contributed by atoms with Crippen molar-refractivity contribution >= 4 is 16.7 Å². The molecule has 1 atom stereocenters. The predicted molar refractivity (Wildman–Crippen MR) is 80.3 cm³/mol. The van der Waals surface area contributed by atoms with Gasteiger partial charge in [0, 0.05) is 13.1 Å². The molecule has 3 nitrogen and oxygen atoms in total. The molecule has 0 aromatic heterocycles. The van der Waals surface area contributed by atoms with Gasteiger partial charge in [-0.15, -0.1) is 0 Å². The number of carbonyl (C=O) groups excluding carboxylic acids is 1. The highest BCUT2D eigenvalue weighted by Gasteiger charge is 2.42. The number of hydrogen-bond acceptors (Lipinski definition) is 2. The molecule has 0 spiro atoms. The quantitative estimate of drug-likeness (QED) is 0.863. The zero-order valence-electron chi connectivity index (χ0n) is 12.3. The highest BCUT2D eigenvalue weighted by molar-refractivity contribution is 6.01. The van der Waals surface area contributed by atoms with Gasteiger partial charge in [-0.05, 0) is 35.7 Å². The topological polar surface area (TPSA) is 40.5 Å². The van der Waals surface area contributed by atoms with E-state index in [1.54, 1.807) is 18.2 Å². The van der Waals surface area contributed by atoms with Crippen LogP contribution < -0.4 is 0 Å². The summed E-state index contributed by atoms with van der Waals surface area (Å²) in [6.07, 6.45) is -3.95. The maximum Gasteiger partial charge on any atom is 0.393 e. The van der Waals surface area contributed by atoms with Crippen LogP contribution in [0.1, 0.15) is 23.2 Å². The first kappa shape index (κ1) is 15.6. The van der Waals surface area contributed by atoms with Gasteiger partial charge < -0.3 is 10.0 Å². The van der Waals surface area contributed by atoms with Crippen LogP contribution in [-0.4, -0.2) is 35.2 Å². The number of hydrogen-bond donors (Lipinski definition) is 1. The van der Waals surface area contributed by atoms with Crippen molar-refractivity contribution in [3.63, 3.8) is 0 Å². The van der Waals surface area contributed by atoms with Gasteiger partial charge in [-0.2, -0.15) is 13.2 Å². The number of amides is 1. The third-order valence-corrected chi connectivity index (χ3v) is 4.27. The smallest absolute Gasteiger partial charge is 0.393 e. The molecule has 1 fully saturated rings. The summed E-state index contributed by atoms with van der Waals surface area (Å²) in [6.45, 7) is -0.0771. The number of carbonyl (C=O) groups is 1. The number of fused-ring (bicyclic) bond motifs is 1. The van der Waals surface area contributed by atoms with Crippen LogP contribution in [0, 0.1) is 5.92 Å². The standard InChI is InChI=1S/C17H16F3NO2/c18-17(19,20)13-6-3-7-21(10-13)16(23)14-8-11-4-1-2-5-12(11)9-15(14)22/h1-2,4-5,8-9,13,22H,3,6-7,10H2/t13-/m0/s1. The minimum atomic E-state index is -4.30. The van der Waals surface area contributed by atoms with Gasteiger partial charge in [0.1, 0.15) is 5.75 Å². The number of likely N-dealkylation sites (tertiary alicyclic amines) is 1.